The first kappa shape index (κ1) is 13.9. The highest BCUT2D eigenvalue weighted by atomic mass is 32.1. The Kier molecular flexibility index (Phi) is 3.29. The van der Waals surface area contributed by atoms with Crippen LogP contribution < -0.4 is 4.90 Å². The number of fused-ring (bicyclic) bond motifs is 3. The molecule has 1 fully saturated rings. The molecule has 0 aromatic carbocycles. The van der Waals surface area contributed by atoms with E-state index in [0.29, 0.717) is 0 Å². The van der Waals surface area contributed by atoms with Crippen molar-refractivity contribution in [3.8, 4) is 11.3 Å². The summed E-state index contributed by atoms with van der Waals surface area (Å²) in [6, 6.07) is 0. The number of aryl methyl sites for hydroxylation is 2. The van der Waals surface area contributed by atoms with Gasteiger partial charge in [0, 0.05) is 35.6 Å². The normalized spacial score (nSPS) is 16.3. The van der Waals surface area contributed by atoms with Gasteiger partial charge in [-0.25, -0.2) is 4.98 Å². The van der Waals surface area contributed by atoms with Crippen molar-refractivity contribution in [3.05, 3.63) is 16.8 Å². The molecule has 0 unspecified atom stereocenters. The second-order valence-electron chi connectivity index (χ2n) is 6.16. The molecule has 2 aromatic heterocycles. The molecule has 4 rings (SSSR count). The molecule has 2 heterocycles. The number of nitrogens with zero attached hydrogens (tertiary/aromatic N) is 4. The Labute approximate surface area is 134 Å². The van der Waals surface area contributed by atoms with Crippen molar-refractivity contribution in [1.82, 2.24) is 14.8 Å². The van der Waals surface area contributed by atoms with E-state index in [1.54, 1.807) is 11.3 Å². The van der Waals surface area contributed by atoms with Gasteiger partial charge in [-0.15, -0.1) is 11.3 Å². The van der Waals surface area contributed by atoms with Crippen LogP contribution in [-0.4, -0.2) is 27.2 Å². The Morgan fingerprint density at radius 2 is 2.27 bits per heavy atom. The van der Waals surface area contributed by atoms with Crippen molar-refractivity contribution in [3.63, 3.8) is 0 Å². The van der Waals surface area contributed by atoms with Crippen LogP contribution in [0.3, 0.4) is 0 Å². The lowest BCUT2D eigenvalue weighted by Gasteiger charge is -2.18. The van der Waals surface area contributed by atoms with E-state index in [0.717, 1.165) is 55.0 Å². The van der Waals surface area contributed by atoms with Gasteiger partial charge in [-0.2, -0.15) is 5.10 Å². The highest BCUT2D eigenvalue weighted by Gasteiger charge is 2.35. The number of carbonyl (C=O) groups excluding carboxylic acids is 1. The quantitative estimate of drug-likeness (QED) is 0.871. The number of anilines is 1. The fourth-order valence-electron chi connectivity index (χ4n) is 3.10. The maximum atomic E-state index is 12.5. The molecule has 0 saturated heterocycles. The lowest BCUT2D eigenvalue weighted by Crippen LogP contribution is -2.32. The van der Waals surface area contributed by atoms with Gasteiger partial charge in [0.1, 0.15) is 0 Å². The largest absolute Gasteiger partial charge is 0.288 e. The average Bonchev–Trinajstić information content (AvgIpc) is 3.17. The lowest BCUT2D eigenvalue weighted by molar-refractivity contribution is -0.119. The minimum atomic E-state index is 0.237. The fourth-order valence-corrected chi connectivity index (χ4v) is 4.20. The molecule has 1 amide bonds. The Morgan fingerprint density at radius 1 is 1.45 bits per heavy atom. The zero-order valence-corrected chi connectivity index (χ0v) is 13.8. The summed E-state index contributed by atoms with van der Waals surface area (Å²) in [7, 11) is 1.98. The van der Waals surface area contributed by atoms with Gasteiger partial charge in [0.15, 0.2) is 5.13 Å². The number of thiazole rings is 1. The van der Waals surface area contributed by atoms with Crippen LogP contribution in [0.25, 0.3) is 11.3 Å². The predicted octanol–water partition coefficient (Wildman–Crippen LogP) is 2.80. The van der Waals surface area contributed by atoms with Gasteiger partial charge in [-0.05, 0) is 32.1 Å². The van der Waals surface area contributed by atoms with E-state index in [1.165, 1.54) is 10.6 Å². The van der Waals surface area contributed by atoms with E-state index >= 15 is 0 Å². The van der Waals surface area contributed by atoms with E-state index in [4.69, 9.17) is 4.98 Å². The topological polar surface area (TPSA) is 51.0 Å². The summed E-state index contributed by atoms with van der Waals surface area (Å²) in [6.07, 6.45) is 6.94. The van der Waals surface area contributed by atoms with Gasteiger partial charge in [-0.3, -0.25) is 14.4 Å². The zero-order valence-electron chi connectivity index (χ0n) is 13.0. The van der Waals surface area contributed by atoms with Crippen LogP contribution in [-0.2, 0) is 24.7 Å². The van der Waals surface area contributed by atoms with Gasteiger partial charge in [0.05, 0.1) is 11.9 Å². The summed E-state index contributed by atoms with van der Waals surface area (Å²) in [6.45, 7) is 2.88. The molecule has 0 bridgehead atoms. The predicted molar refractivity (Wildman–Crippen MR) is 87.1 cm³/mol. The maximum Gasteiger partial charge on any atom is 0.231 e. The molecule has 0 N–H and O–H groups in total. The summed E-state index contributed by atoms with van der Waals surface area (Å²) in [5.41, 5.74) is 3.43. The molecule has 2 aliphatic rings. The number of aromatic nitrogens is 3. The standard InChI is InChI=1S/C16H20N4OS/c1-3-8-20(15(21)10-4-5-10)16-18-14-11-9-17-19(2)12(11)6-7-13(14)22-16/h9-10H,3-8H2,1-2H3. The Hall–Kier alpha value is -1.69. The molecule has 1 saturated carbocycles. The third kappa shape index (κ3) is 2.17. The summed E-state index contributed by atoms with van der Waals surface area (Å²) >= 11 is 1.69. The van der Waals surface area contributed by atoms with Crippen LogP contribution in [0.1, 0.15) is 36.8 Å². The fraction of sp³-hybridized carbons (Fsp3) is 0.562. The number of hydrogen-bond donors (Lipinski definition) is 0. The van der Waals surface area contributed by atoms with Crippen LogP contribution in [0, 0.1) is 5.92 Å². The average molecular weight is 316 g/mol. The summed E-state index contributed by atoms with van der Waals surface area (Å²) < 4.78 is 1.94. The molecular formula is C16H20N4OS. The number of hydrogen-bond acceptors (Lipinski definition) is 4. The van der Waals surface area contributed by atoms with E-state index in [1.807, 2.05) is 22.8 Å². The zero-order chi connectivity index (χ0) is 15.3. The molecule has 0 spiro atoms. The third-order valence-corrected chi connectivity index (χ3v) is 5.60. The van der Waals surface area contributed by atoms with Crippen molar-refractivity contribution in [2.75, 3.05) is 11.4 Å². The van der Waals surface area contributed by atoms with Gasteiger partial charge in [0.2, 0.25) is 5.91 Å². The Morgan fingerprint density at radius 3 is 3.00 bits per heavy atom. The third-order valence-electron chi connectivity index (χ3n) is 4.46. The molecule has 2 aromatic rings. The van der Waals surface area contributed by atoms with Crippen LogP contribution >= 0.6 is 11.3 Å². The smallest absolute Gasteiger partial charge is 0.231 e. The second-order valence-corrected chi connectivity index (χ2v) is 7.22. The van der Waals surface area contributed by atoms with Gasteiger partial charge >= 0.3 is 0 Å². The molecule has 2 aliphatic carbocycles. The number of amides is 1. The van der Waals surface area contributed by atoms with Crippen LogP contribution in [0.4, 0.5) is 5.13 Å². The highest BCUT2D eigenvalue weighted by molar-refractivity contribution is 7.16. The molecule has 22 heavy (non-hydrogen) atoms. The lowest BCUT2D eigenvalue weighted by atomic mass is 10.0. The Balaban J connectivity index is 1.72. The van der Waals surface area contributed by atoms with E-state index in [-0.39, 0.29) is 11.8 Å². The van der Waals surface area contributed by atoms with E-state index in [9.17, 15) is 4.79 Å². The van der Waals surface area contributed by atoms with Crippen molar-refractivity contribution in [1.29, 1.82) is 0 Å². The minimum absolute atomic E-state index is 0.237. The van der Waals surface area contributed by atoms with Crippen molar-refractivity contribution in [2.24, 2.45) is 13.0 Å². The first-order valence-electron chi connectivity index (χ1n) is 8.01. The van der Waals surface area contributed by atoms with Crippen LogP contribution in [0.5, 0.6) is 0 Å². The first-order valence-corrected chi connectivity index (χ1v) is 8.83. The van der Waals surface area contributed by atoms with Gasteiger partial charge in [-0.1, -0.05) is 6.92 Å². The maximum absolute atomic E-state index is 12.5. The van der Waals surface area contributed by atoms with E-state index < -0.39 is 0 Å². The molecule has 0 atom stereocenters. The van der Waals surface area contributed by atoms with Crippen molar-refractivity contribution >= 4 is 22.4 Å². The molecule has 5 nitrogen and oxygen atoms in total. The van der Waals surface area contributed by atoms with Crippen molar-refractivity contribution < 1.29 is 4.79 Å². The van der Waals surface area contributed by atoms with Crippen LogP contribution in [0.2, 0.25) is 0 Å². The number of rotatable bonds is 4. The monoisotopic (exact) mass is 316 g/mol. The Bertz CT molecular complexity index is 729. The highest BCUT2D eigenvalue weighted by Crippen LogP contribution is 2.40. The number of carbonyl (C=O) groups is 1. The van der Waals surface area contributed by atoms with Gasteiger partial charge < -0.3 is 0 Å². The molecular weight excluding hydrogens is 296 g/mol. The molecule has 116 valence electrons. The van der Waals surface area contributed by atoms with Crippen molar-refractivity contribution in [2.45, 2.75) is 39.0 Å². The SMILES string of the molecule is CCCN(C(=O)C1CC1)c1nc2c(s1)CCc1c-2cnn1C. The van der Waals surface area contributed by atoms with Gasteiger partial charge in [0.25, 0.3) is 0 Å². The minimum Gasteiger partial charge on any atom is -0.288 e. The first-order chi connectivity index (χ1) is 10.7. The van der Waals surface area contributed by atoms with Crippen LogP contribution in [0.15, 0.2) is 6.20 Å². The molecule has 0 radical (unpaired) electrons. The van der Waals surface area contributed by atoms with E-state index in [2.05, 4.69) is 12.0 Å². The summed E-state index contributed by atoms with van der Waals surface area (Å²) in [5, 5.41) is 5.24. The molecule has 0 aliphatic heterocycles. The summed E-state index contributed by atoms with van der Waals surface area (Å²) in [4.78, 5) is 20.6. The molecule has 6 heteroatoms. The summed E-state index contributed by atoms with van der Waals surface area (Å²) in [5.74, 6) is 0.501. The second kappa shape index (κ2) is 5.19.